The molecule has 1 amide bonds. The highest BCUT2D eigenvalue weighted by Gasteiger charge is 2.23. The monoisotopic (exact) mass is 359 g/mol. The predicted molar refractivity (Wildman–Crippen MR) is 96.8 cm³/mol. The van der Waals surface area contributed by atoms with Gasteiger partial charge in [-0.15, -0.1) is 10.2 Å². The second-order valence-electron chi connectivity index (χ2n) is 7.16. The molecule has 1 aliphatic rings. The lowest BCUT2D eigenvalue weighted by molar-refractivity contribution is -0.124. The van der Waals surface area contributed by atoms with Gasteiger partial charge in [-0.05, 0) is 24.6 Å². The molecule has 0 aliphatic carbocycles. The highest BCUT2D eigenvalue weighted by molar-refractivity contribution is 5.78. The molecule has 1 aromatic heterocycles. The van der Waals surface area contributed by atoms with E-state index in [-0.39, 0.29) is 23.7 Å². The lowest BCUT2D eigenvalue weighted by atomic mass is 10.2. The number of amides is 1. The first-order chi connectivity index (χ1) is 12.4. The van der Waals surface area contributed by atoms with Gasteiger partial charge in [-0.1, -0.05) is 26.0 Å². The van der Waals surface area contributed by atoms with Gasteiger partial charge in [0.1, 0.15) is 11.6 Å². The molecule has 0 spiro atoms. The average molecular weight is 359 g/mol. The van der Waals surface area contributed by atoms with Gasteiger partial charge in [0.25, 0.3) is 0 Å². The molecule has 26 heavy (non-hydrogen) atoms. The molecular weight excluding hydrogens is 333 g/mol. The van der Waals surface area contributed by atoms with Crippen molar-refractivity contribution in [1.82, 2.24) is 25.0 Å². The van der Waals surface area contributed by atoms with Gasteiger partial charge in [-0.3, -0.25) is 9.69 Å². The van der Waals surface area contributed by atoms with E-state index in [1.807, 2.05) is 32.9 Å². The number of nitrogens with zero attached hydrogens (tertiary/aromatic N) is 4. The Morgan fingerprint density at radius 2 is 1.88 bits per heavy atom. The van der Waals surface area contributed by atoms with Crippen LogP contribution in [-0.4, -0.2) is 38.7 Å². The van der Waals surface area contributed by atoms with Crippen LogP contribution in [0.3, 0.4) is 0 Å². The van der Waals surface area contributed by atoms with Crippen LogP contribution in [0.25, 0.3) is 0 Å². The summed E-state index contributed by atoms with van der Waals surface area (Å²) < 4.78 is 15.2. The molecule has 7 heteroatoms. The Labute approximate surface area is 153 Å². The van der Waals surface area contributed by atoms with Crippen LogP contribution in [0.15, 0.2) is 24.3 Å². The zero-order valence-corrected chi connectivity index (χ0v) is 15.6. The van der Waals surface area contributed by atoms with Crippen LogP contribution in [0.1, 0.15) is 44.0 Å². The first-order valence-electron chi connectivity index (χ1n) is 9.13. The molecule has 2 aromatic rings. The number of rotatable bonds is 5. The Morgan fingerprint density at radius 1 is 1.15 bits per heavy atom. The van der Waals surface area contributed by atoms with Crippen molar-refractivity contribution in [2.45, 2.75) is 46.3 Å². The Kier molecular flexibility index (Phi) is 5.66. The number of carbonyl (C=O) groups is 1. The van der Waals surface area contributed by atoms with Crippen molar-refractivity contribution in [3.63, 3.8) is 0 Å². The molecule has 0 fully saturated rings. The van der Waals surface area contributed by atoms with Crippen LogP contribution >= 0.6 is 0 Å². The third-order valence-electron chi connectivity index (χ3n) is 4.74. The van der Waals surface area contributed by atoms with E-state index in [0.717, 1.165) is 49.8 Å². The zero-order chi connectivity index (χ0) is 18.7. The number of halogens is 1. The molecule has 1 N–H and O–H groups in total. The molecule has 1 atom stereocenters. The molecule has 0 saturated heterocycles. The summed E-state index contributed by atoms with van der Waals surface area (Å²) in [6, 6.07) is 6.48. The summed E-state index contributed by atoms with van der Waals surface area (Å²) in [4.78, 5) is 14.3. The maximum absolute atomic E-state index is 13.1. The fraction of sp³-hybridized carbons (Fsp3) is 0.526. The molecule has 3 rings (SSSR count). The van der Waals surface area contributed by atoms with Gasteiger partial charge in [0.15, 0.2) is 5.82 Å². The van der Waals surface area contributed by atoms with Gasteiger partial charge in [-0.2, -0.15) is 0 Å². The molecule has 140 valence electrons. The Morgan fingerprint density at radius 3 is 2.58 bits per heavy atom. The number of nitrogens with one attached hydrogen (secondary N) is 1. The van der Waals surface area contributed by atoms with Crippen LogP contribution in [0.4, 0.5) is 4.39 Å². The lowest BCUT2D eigenvalue weighted by Crippen LogP contribution is -2.32. The van der Waals surface area contributed by atoms with Crippen LogP contribution in [0.5, 0.6) is 0 Å². The van der Waals surface area contributed by atoms with Gasteiger partial charge < -0.3 is 9.88 Å². The fourth-order valence-electron chi connectivity index (χ4n) is 3.16. The summed E-state index contributed by atoms with van der Waals surface area (Å²) in [5.74, 6) is 1.50. The smallest absolute Gasteiger partial charge is 0.223 e. The first kappa shape index (κ1) is 18.5. The number of benzene rings is 1. The van der Waals surface area contributed by atoms with Crippen LogP contribution < -0.4 is 5.32 Å². The van der Waals surface area contributed by atoms with E-state index in [1.165, 1.54) is 12.1 Å². The van der Waals surface area contributed by atoms with Crippen LogP contribution in [0, 0.1) is 11.7 Å². The minimum Gasteiger partial charge on any atom is -0.346 e. The normalized spacial score (nSPS) is 16.2. The second-order valence-corrected chi connectivity index (χ2v) is 7.16. The molecule has 2 heterocycles. The number of fused-ring (bicyclic) bond motifs is 1. The molecule has 0 bridgehead atoms. The maximum atomic E-state index is 13.1. The van der Waals surface area contributed by atoms with Crippen molar-refractivity contribution in [2.24, 2.45) is 5.92 Å². The molecule has 1 aliphatic heterocycles. The van der Waals surface area contributed by atoms with E-state index >= 15 is 0 Å². The topological polar surface area (TPSA) is 63.1 Å². The fourth-order valence-corrected chi connectivity index (χ4v) is 3.16. The number of aromatic nitrogens is 3. The van der Waals surface area contributed by atoms with Gasteiger partial charge in [0, 0.05) is 38.5 Å². The van der Waals surface area contributed by atoms with Crippen molar-refractivity contribution in [2.75, 3.05) is 13.1 Å². The summed E-state index contributed by atoms with van der Waals surface area (Å²) in [5, 5.41) is 11.6. The number of carbonyl (C=O) groups excluding carboxylic acids is 1. The van der Waals surface area contributed by atoms with Gasteiger partial charge in [0.2, 0.25) is 5.91 Å². The van der Waals surface area contributed by atoms with Crippen molar-refractivity contribution >= 4 is 5.91 Å². The van der Waals surface area contributed by atoms with Crippen molar-refractivity contribution in [1.29, 1.82) is 0 Å². The molecule has 0 radical (unpaired) electrons. The molecule has 0 unspecified atom stereocenters. The van der Waals surface area contributed by atoms with Crippen molar-refractivity contribution in [3.8, 4) is 0 Å². The van der Waals surface area contributed by atoms with Gasteiger partial charge in [-0.25, -0.2) is 4.39 Å². The molecular formula is C19H26FN5O. The summed E-state index contributed by atoms with van der Waals surface area (Å²) in [6.07, 6.45) is 0.805. The summed E-state index contributed by atoms with van der Waals surface area (Å²) in [7, 11) is 0. The van der Waals surface area contributed by atoms with Crippen LogP contribution in [0.2, 0.25) is 0 Å². The highest BCUT2D eigenvalue weighted by Crippen LogP contribution is 2.17. The van der Waals surface area contributed by atoms with E-state index < -0.39 is 0 Å². The standard InChI is InChI=1S/C19H26FN5O/c1-13(2)19(26)21-14(3)18-23-22-17-8-9-24(10-11-25(17)18)12-15-4-6-16(20)7-5-15/h4-7,13-14H,8-12H2,1-3H3,(H,21,26)/t14-/m1/s1. The minimum atomic E-state index is -0.210. The van der Waals surface area contributed by atoms with E-state index in [2.05, 4.69) is 25.0 Å². The quantitative estimate of drug-likeness (QED) is 0.890. The van der Waals surface area contributed by atoms with E-state index in [4.69, 9.17) is 0 Å². The number of hydrogen-bond donors (Lipinski definition) is 1. The largest absolute Gasteiger partial charge is 0.346 e. The Hall–Kier alpha value is -2.28. The zero-order valence-electron chi connectivity index (χ0n) is 15.6. The summed E-state index contributed by atoms with van der Waals surface area (Å²) >= 11 is 0. The molecule has 6 nitrogen and oxygen atoms in total. The highest BCUT2D eigenvalue weighted by atomic mass is 19.1. The molecule has 1 aromatic carbocycles. The Bertz CT molecular complexity index is 756. The Balaban J connectivity index is 1.65. The third-order valence-corrected chi connectivity index (χ3v) is 4.74. The van der Waals surface area contributed by atoms with Crippen LogP contribution in [-0.2, 0) is 24.3 Å². The lowest BCUT2D eigenvalue weighted by Gasteiger charge is -2.20. The van der Waals surface area contributed by atoms with Gasteiger partial charge >= 0.3 is 0 Å². The second kappa shape index (κ2) is 7.95. The average Bonchev–Trinajstić information content (AvgIpc) is 2.92. The summed E-state index contributed by atoms with van der Waals surface area (Å²) in [5.41, 5.74) is 1.10. The van der Waals surface area contributed by atoms with E-state index in [0.29, 0.717) is 0 Å². The first-order valence-corrected chi connectivity index (χ1v) is 9.13. The molecule has 0 saturated carbocycles. The predicted octanol–water partition coefficient (Wildman–Crippen LogP) is 2.31. The van der Waals surface area contributed by atoms with Crippen molar-refractivity contribution < 1.29 is 9.18 Å². The minimum absolute atomic E-state index is 0.0152. The summed E-state index contributed by atoms with van der Waals surface area (Å²) in [6.45, 7) is 8.99. The third kappa shape index (κ3) is 4.27. The SMILES string of the molecule is CC(C)C(=O)N[C@H](C)c1nnc2n1CCN(Cc1ccc(F)cc1)CC2. The van der Waals surface area contributed by atoms with Gasteiger partial charge in [0.05, 0.1) is 6.04 Å². The maximum Gasteiger partial charge on any atom is 0.223 e. The van der Waals surface area contributed by atoms with Crippen molar-refractivity contribution in [3.05, 3.63) is 47.3 Å². The number of hydrogen-bond acceptors (Lipinski definition) is 4. The van der Waals surface area contributed by atoms with E-state index in [1.54, 1.807) is 0 Å². The van der Waals surface area contributed by atoms with E-state index in [9.17, 15) is 9.18 Å².